The van der Waals surface area contributed by atoms with Crippen molar-refractivity contribution in [2.75, 3.05) is 31.7 Å². The summed E-state index contributed by atoms with van der Waals surface area (Å²) in [5.74, 6) is 0.863. The number of piperidine rings is 1. The first-order valence-electron chi connectivity index (χ1n) is 6.73. The van der Waals surface area contributed by atoms with Gasteiger partial charge in [0.1, 0.15) is 5.60 Å². The van der Waals surface area contributed by atoms with Crippen LogP contribution >= 0.6 is 23.1 Å². The van der Waals surface area contributed by atoms with Gasteiger partial charge in [-0.1, -0.05) is 0 Å². The Morgan fingerprint density at radius 2 is 2.32 bits per heavy atom. The Morgan fingerprint density at radius 1 is 1.53 bits per heavy atom. The number of thioether (sulfide) groups is 1. The first-order chi connectivity index (χ1) is 9.25. The van der Waals surface area contributed by atoms with Crippen LogP contribution in [-0.4, -0.2) is 42.5 Å². The van der Waals surface area contributed by atoms with Gasteiger partial charge in [0.2, 0.25) is 5.91 Å². The number of hydrogen-bond donors (Lipinski definition) is 0. The highest BCUT2D eigenvalue weighted by atomic mass is 32.2. The number of hydrogen-bond acceptors (Lipinski definition) is 4. The summed E-state index contributed by atoms with van der Waals surface area (Å²) in [5, 5.41) is 2.17. The third-order valence-corrected chi connectivity index (χ3v) is 5.78. The van der Waals surface area contributed by atoms with Gasteiger partial charge in [0.25, 0.3) is 0 Å². The molecular formula is C14H19NO2S2. The van der Waals surface area contributed by atoms with Crippen molar-refractivity contribution in [2.45, 2.75) is 24.9 Å². The molecule has 0 unspecified atom stereocenters. The van der Waals surface area contributed by atoms with Crippen LogP contribution in [0.5, 0.6) is 0 Å². The summed E-state index contributed by atoms with van der Waals surface area (Å²) in [7, 11) is 0. The predicted molar refractivity (Wildman–Crippen MR) is 79.8 cm³/mol. The second-order valence-electron chi connectivity index (χ2n) is 5.18. The molecule has 2 aliphatic rings. The molecule has 1 spiro atoms. The molecule has 2 aliphatic heterocycles. The summed E-state index contributed by atoms with van der Waals surface area (Å²) in [6.45, 7) is 2.48. The van der Waals surface area contributed by atoms with E-state index in [0.29, 0.717) is 5.75 Å². The molecule has 3 nitrogen and oxygen atoms in total. The third kappa shape index (κ3) is 2.43. The average molecular weight is 297 g/mol. The average Bonchev–Trinajstić information content (AvgIpc) is 2.90. The Kier molecular flexibility index (Phi) is 3.87. The lowest BCUT2D eigenvalue weighted by molar-refractivity contribution is -0.137. The number of rotatable bonds is 2. The molecular weight excluding hydrogens is 278 g/mol. The molecule has 0 aromatic carbocycles. The highest BCUT2D eigenvalue weighted by Gasteiger charge is 2.42. The fourth-order valence-electron chi connectivity index (χ4n) is 3.06. The molecule has 5 heteroatoms. The molecule has 3 heterocycles. The zero-order chi connectivity index (χ0) is 13.3. The van der Waals surface area contributed by atoms with Crippen LogP contribution in [0.15, 0.2) is 11.4 Å². The molecule has 0 N–H and O–H groups in total. The van der Waals surface area contributed by atoms with Crippen molar-refractivity contribution < 1.29 is 9.53 Å². The number of carbonyl (C=O) groups excluding carboxylic acids is 1. The minimum atomic E-state index is -0.0993. The molecule has 0 bridgehead atoms. The molecule has 0 radical (unpaired) electrons. The minimum absolute atomic E-state index is 0.0993. The first kappa shape index (κ1) is 13.5. The topological polar surface area (TPSA) is 29.5 Å². The summed E-state index contributed by atoms with van der Waals surface area (Å²) < 4.78 is 6.15. The molecule has 1 aromatic rings. The molecule has 1 fully saturated rings. The monoisotopic (exact) mass is 297 g/mol. The number of ether oxygens (including phenoxy) is 1. The Hall–Kier alpha value is -0.520. The molecule has 0 saturated carbocycles. The highest BCUT2D eigenvalue weighted by molar-refractivity contribution is 7.99. The van der Waals surface area contributed by atoms with Gasteiger partial charge in [0, 0.05) is 18.0 Å². The van der Waals surface area contributed by atoms with E-state index in [2.05, 4.69) is 11.4 Å². The van der Waals surface area contributed by atoms with Crippen LogP contribution in [-0.2, 0) is 21.6 Å². The van der Waals surface area contributed by atoms with Crippen LogP contribution in [0.2, 0.25) is 0 Å². The van der Waals surface area contributed by atoms with E-state index in [0.717, 1.165) is 39.0 Å². The summed E-state index contributed by atoms with van der Waals surface area (Å²) in [6, 6.07) is 2.23. The van der Waals surface area contributed by atoms with Gasteiger partial charge in [-0.15, -0.1) is 11.3 Å². The lowest BCUT2D eigenvalue weighted by Crippen LogP contribution is -2.48. The second-order valence-corrected chi connectivity index (χ2v) is 6.96. The Labute approximate surface area is 122 Å². The Bertz CT molecular complexity index is 464. The predicted octanol–water partition coefficient (Wildman–Crippen LogP) is 2.50. The molecule has 1 amide bonds. The van der Waals surface area contributed by atoms with Gasteiger partial charge in [0.15, 0.2) is 0 Å². The van der Waals surface area contributed by atoms with Gasteiger partial charge in [-0.2, -0.15) is 11.8 Å². The van der Waals surface area contributed by atoms with Crippen molar-refractivity contribution in [3.8, 4) is 0 Å². The number of carbonyl (C=O) groups is 1. The Morgan fingerprint density at radius 3 is 3.05 bits per heavy atom. The lowest BCUT2D eigenvalue weighted by atomic mass is 9.85. The summed E-state index contributed by atoms with van der Waals surface area (Å²) in [5.41, 5.74) is 1.36. The summed E-state index contributed by atoms with van der Waals surface area (Å²) in [6.07, 6.45) is 4.91. The fourth-order valence-corrected chi connectivity index (χ4v) is 4.66. The minimum Gasteiger partial charge on any atom is -0.369 e. The van der Waals surface area contributed by atoms with E-state index in [-0.39, 0.29) is 11.5 Å². The van der Waals surface area contributed by atoms with E-state index in [1.807, 2.05) is 22.5 Å². The van der Waals surface area contributed by atoms with Crippen molar-refractivity contribution in [1.29, 1.82) is 0 Å². The third-order valence-electron chi connectivity index (χ3n) is 4.10. The van der Waals surface area contributed by atoms with Gasteiger partial charge in [-0.25, -0.2) is 0 Å². The van der Waals surface area contributed by atoms with Crippen molar-refractivity contribution in [3.63, 3.8) is 0 Å². The molecule has 0 atom stereocenters. The van der Waals surface area contributed by atoms with Gasteiger partial charge >= 0.3 is 0 Å². The SMILES string of the molecule is CSCC(=O)N1CCC2(CC1)OCCc1ccsc12. The maximum Gasteiger partial charge on any atom is 0.232 e. The van der Waals surface area contributed by atoms with E-state index < -0.39 is 0 Å². The van der Waals surface area contributed by atoms with Crippen molar-refractivity contribution in [3.05, 3.63) is 21.9 Å². The molecule has 3 rings (SSSR count). The zero-order valence-corrected chi connectivity index (χ0v) is 12.8. The number of fused-ring (bicyclic) bond motifs is 2. The summed E-state index contributed by atoms with van der Waals surface area (Å²) >= 11 is 3.42. The number of likely N-dealkylation sites (tertiary alicyclic amines) is 1. The van der Waals surface area contributed by atoms with Crippen LogP contribution in [0, 0.1) is 0 Å². The number of thiophene rings is 1. The van der Waals surface area contributed by atoms with Crippen molar-refractivity contribution >= 4 is 29.0 Å². The highest BCUT2D eigenvalue weighted by Crippen LogP contribution is 2.44. The maximum absolute atomic E-state index is 11.9. The molecule has 19 heavy (non-hydrogen) atoms. The standard InChI is InChI=1S/C14H19NO2S2/c1-18-10-12(16)15-6-4-14(5-7-15)13-11(2-8-17-14)3-9-19-13/h3,9H,2,4-8,10H2,1H3. The largest absolute Gasteiger partial charge is 0.369 e. The van der Waals surface area contributed by atoms with E-state index in [9.17, 15) is 4.79 Å². The van der Waals surface area contributed by atoms with Gasteiger partial charge < -0.3 is 9.64 Å². The van der Waals surface area contributed by atoms with Gasteiger partial charge in [-0.3, -0.25) is 4.79 Å². The van der Waals surface area contributed by atoms with Crippen LogP contribution in [0.3, 0.4) is 0 Å². The van der Waals surface area contributed by atoms with E-state index in [1.165, 1.54) is 10.4 Å². The fraction of sp³-hybridized carbons (Fsp3) is 0.643. The van der Waals surface area contributed by atoms with E-state index in [1.54, 1.807) is 11.8 Å². The van der Waals surface area contributed by atoms with Crippen molar-refractivity contribution in [2.24, 2.45) is 0 Å². The van der Waals surface area contributed by atoms with Crippen molar-refractivity contribution in [1.82, 2.24) is 4.90 Å². The van der Waals surface area contributed by atoms with Crippen LogP contribution < -0.4 is 0 Å². The zero-order valence-electron chi connectivity index (χ0n) is 11.2. The van der Waals surface area contributed by atoms with Crippen LogP contribution in [0.1, 0.15) is 23.3 Å². The van der Waals surface area contributed by atoms with E-state index in [4.69, 9.17) is 4.74 Å². The number of amides is 1. The first-order valence-corrected chi connectivity index (χ1v) is 9.00. The quantitative estimate of drug-likeness (QED) is 0.840. The van der Waals surface area contributed by atoms with Gasteiger partial charge in [0.05, 0.1) is 12.4 Å². The van der Waals surface area contributed by atoms with Crippen LogP contribution in [0.4, 0.5) is 0 Å². The molecule has 0 aliphatic carbocycles. The number of nitrogens with zero attached hydrogens (tertiary/aromatic N) is 1. The van der Waals surface area contributed by atoms with Crippen LogP contribution in [0.25, 0.3) is 0 Å². The second kappa shape index (κ2) is 5.46. The Balaban J connectivity index is 1.72. The summed E-state index contributed by atoms with van der Waals surface area (Å²) in [4.78, 5) is 15.3. The smallest absolute Gasteiger partial charge is 0.232 e. The maximum atomic E-state index is 11.9. The molecule has 1 aromatic heterocycles. The molecule has 104 valence electrons. The normalized spacial score (nSPS) is 21.4. The molecule has 1 saturated heterocycles. The lowest BCUT2D eigenvalue weighted by Gasteiger charge is -2.43. The van der Waals surface area contributed by atoms with E-state index >= 15 is 0 Å². The van der Waals surface area contributed by atoms with Gasteiger partial charge in [-0.05, 0) is 42.5 Å².